The van der Waals surface area contributed by atoms with E-state index in [0.29, 0.717) is 12.4 Å². The minimum absolute atomic E-state index is 0.527. The van der Waals surface area contributed by atoms with E-state index < -0.39 is 0 Å². The van der Waals surface area contributed by atoms with Gasteiger partial charge in [0.15, 0.2) is 5.82 Å². The highest BCUT2D eigenvalue weighted by Gasteiger charge is 2.12. The highest BCUT2D eigenvalue weighted by Crippen LogP contribution is 2.30. The minimum Gasteiger partial charge on any atom is -0.496 e. The van der Waals surface area contributed by atoms with E-state index in [0.717, 1.165) is 39.4 Å². The van der Waals surface area contributed by atoms with Gasteiger partial charge in [-0.15, -0.1) is 0 Å². The Labute approximate surface area is 157 Å². The van der Waals surface area contributed by atoms with Crippen LogP contribution >= 0.6 is 0 Å². The molecule has 2 aromatic heterocycles. The predicted molar refractivity (Wildman–Crippen MR) is 106 cm³/mol. The molecule has 0 aliphatic rings. The topological polar surface area (TPSA) is 72.8 Å². The Hall–Kier alpha value is -3.54. The van der Waals surface area contributed by atoms with E-state index in [1.54, 1.807) is 19.5 Å². The second-order valence-electron chi connectivity index (χ2n) is 6.12. The van der Waals surface area contributed by atoms with Crippen LogP contribution in [0, 0.1) is 6.92 Å². The standard InChI is InChI=1S/C21H19N5O/c1-14-11-23-15(12-22-14)13-24-20-16-7-3-5-9-18(16)25-21(26-20)17-8-4-6-10-19(17)27-2/h3-12H,13H2,1-2H3,(H,24,25,26). The van der Waals surface area contributed by atoms with Crippen LogP contribution in [0.1, 0.15) is 11.4 Å². The van der Waals surface area contributed by atoms with Crippen molar-refractivity contribution >= 4 is 16.7 Å². The van der Waals surface area contributed by atoms with Gasteiger partial charge in [0, 0.05) is 11.6 Å². The van der Waals surface area contributed by atoms with Crippen molar-refractivity contribution in [2.75, 3.05) is 12.4 Å². The summed E-state index contributed by atoms with van der Waals surface area (Å²) in [6, 6.07) is 15.7. The summed E-state index contributed by atoms with van der Waals surface area (Å²) in [5.41, 5.74) is 3.46. The normalized spacial score (nSPS) is 10.7. The van der Waals surface area contributed by atoms with Crippen LogP contribution in [0.15, 0.2) is 60.9 Å². The quantitative estimate of drug-likeness (QED) is 0.582. The zero-order chi connectivity index (χ0) is 18.6. The first-order valence-electron chi connectivity index (χ1n) is 8.66. The average molecular weight is 357 g/mol. The SMILES string of the molecule is COc1ccccc1-c1nc(NCc2cnc(C)cn2)c2ccccc2n1. The fraction of sp³-hybridized carbons (Fsp3) is 0.143. The van der Waals surface area contributed by atoms with Crippen molar-refractivity contribution in [1.29, 1.82) is 0 Å². The molecule has 4 rings (SSSR count). The highest BCUT2D eigenvalue weighted by atomic mass is 16.5. The Kier molecular flexibility index (Phi) is 4.61. The maximum Gasteiger partial charge on any atom is 0.165 e. The van der Waals surface area contributed by atoms with Gasteiger partial charge in [0.05, 0.1) is 42.3 Å². The molecule has 0 spiro atoms. The second kappa shape index (κ2) is 7.37. The lowest BCUT2D eigenvalue weighted by Crippen LogP contribution is -2.06. The molecule has 0 aliphatic heterocycles. The number of para-hydroxylation sites is 2. The number of aryl methyl sites for hydroxylation is 1. The van der Waals surface area contributed by atoms with Gasteiger partial charge in [-0.25, -0.2) is 9.97 Å². The van der Waals surface area contributed by atoms with Gasteiger partial charge in [-0.05, 0) is 31.2 Å². The maximum atomic E-state index is 5.47. The number of rotatable bonds is 5. The van der Waals surface area contributed by atoms with Crippen LogP contribution in [-0.2, 0) is 6.54 Å². The van der Waals surface area contributed by atoms with Crippen molar-refractivity contribution in [3.63, 3.8) is 0 Å². The summed E-state index contributed by atoms with van der Waals surface area (Å²) in [5, 5.41) is 4.33. The molecule has 0 fully saturated rings. The summed E-state index contributed by atoms with van der Waals surface area (Å²) >= 11 is 0. The molecule has 0 saturated heterocycles. The molecule has 0 bridgehead atoms. The fourth-order valence-corrected chi connectivity index (χ4v) is 2.85. The number of nitrogens with one attached hydrogen (secondary N) is 1. The maximum absolute atomic E-state index is 5.47. The van der Waals surface area contributed by atoms with Crippen molar-refractivity contribution in [3.8, 4) is 17.1 Å². The zero-order valence-corrected chi connectivity index (χ0v) is 15.2. The van der Waals surface area contributed by atoms with Crippen molar-refractivity contribution in [2.24, 2.45) is 0 Å². The Balaban J connectivity index is 1.75. The van der Waals surface area contributed by atoms with Gasteiger partial charge in [-0.3, -0.25) is 9.97 Å². The smallest absolute Gasteiger partial charge is 0.165 e. The first kappa shape index (κ1) is 16.9. The van der Waals surface area contributed by atoms with E-state index in [1.807, 2.05) is 55.5 Å². The summed E-state index contributed by atoms with van der Waals surface area (Å²) < 4.78 is 5.47. The van der Waals surface area contributed by atoms with E-state index in [1.165, 1.54) is 0 Å². The number of hydrogen-bond donors (Lipinski definition) is 1. The van der Waals surface area contributed by atoms with Crippen molar-refractivity contribution < 1.29 is 4.74 Å². The summed E-state index contributed by atoms with van der Waals surface area (Å²) in [4.78, 5) is 18.2. The van der Waals surface area contributed by atoms with Gasteiger partial charge in [-0.2, -0.15) is 0 Å². The summed E-state index contributed by atoms with van der Waals surface area (Å²) in [5.74, 6) is 2.11. The number of hydrogen-bond acceptors (Lipinski definition) is 6. The number of benzene rings is 2. The largest absolute Gasteiger partial charge is 0.496 e. The highest BCUT2D eigenvalue weighted by molar-refractivity contribution is 5.90. The van der Waals surface area contributed by atoms with Gasteiger partial charge < -0.3 is 10.1 Å². The average Bonchev–Trinajstić information content (AvgIpc) is 2.73. The first-order chi connectivity index (χ1) is 13.2. The van der Waals surface area contributed by atoms with Crippen LogP contribution < -0.4 is 10.1 Å². The van der Waals surface area contributed by atoms with Crippen LogP contribution in [0.25, 0.3) is 22.3 Å². The Morgan fingerprint density at radius 3 is 2.56 bits per heavy atom. The van der Waals surface area contributed by atoms with Crippen LogP contribution in [0.3, 0.4) is 0 Å². The number of ether oxygens (including phenoxy) is 1. The van der Waals surface area contributed by atoms with Crippen LogP contribution in [0.2, 0.25) is 0 Å². The zero-order valence-electron chi connectivity index (χ0n) is 15.2. The molecule has 6 nitrogen and oxygen atoms in total. The molecule has 0 amide bonds. The molecule has 4 aromatic rings. The predicted octanol–water partition coefficient (Wildman–Crippen LogP) is 4.02. The van der Waals surface area contributed by atoms with Gasteiger partial charge in [-0.1, -0.05) is 24.3 Å². The number of fused-ring (bicyclic) bond motifs is 1. The van der Waals surface area contributed by atoms with E-state index >= 15 is 0 Å². The number of aromatic nitrogens is 4. The van der Waals surface area contributed by atoms with Crippen LogP contribution in [0.5, 0.6) is 5.75 Å². The Bertz CT molecular complexity index is 1080. The lowest BCUT2D eigenvalue weighted by atomic mass is 10.1. The van der Waals surface area contributed by atoms with Crippen molar-refractivity contribution in [3.05, 3.63) is 72.3 Å². The van der Waals surface area contributed by atoms with E-state index in [9.17, 15) is 0 Å². The van der Waals surface area contributed by atoms with Crippen molar-refractivity contribution in [1.82, 2.24) is 19.9 Å². The Morgan fingerprint density at radius 1 is 0.926 bits per heavy atom. The third-order valence-electron chi connectivity index (χ3n) is 4.22. The second-order valence-corrected chi connectivity index (χ2v) is 6.12. The van der Waals surface area contributed by atoms with Crippen molar-refractivity contribution in [2.45, 2.75) is 13.5 Å². The number of nitrogens with zero attached hydrogens (tertiary/aromatic N) is 4. The summed E-state index contributed by atoms with van der Waals surface area (Å²) in [7, 11) is 1.65. The summed E-state index contributed by atoms with van der Waals surface area (Å²) in [6.07, 6.45) is 3.53. The molecular weight excluding hydrogens is 338 g/mol. The molecule has 0 saturated carbocycles. The van der Waals surface area contributed by atoms with Crippen LogP contribution in [0.4, 0.5) is 5.82 Å². The molecule has 2 heterocycles. The molecule has 0 radical (unpaired) electrons. The lowest BCUT2D eigenvalue weighted by Gasteiger charge is -2.12. The lowest BCUT2D eigenvalue weighted by molar-refractivity contribution is 0.416. The molecule has 2 aromatic carbocycles. The van der Waals surface area contributed by atoms with E-state index in [4.69, 9.17) is 14.7 Å². The third-order valence-corrected chi connectivity index (χ3v) is 4.22. The van der Waals surface area contributed by atoms with Gasteiger partial charge in [0.25, 0.3) is 0 Å². The molecule has 27 heavy (non-hydrogen) atoms. The molecule has 0 aliphatic carbocycles. The van der Waals surface area contributed by atoms with Crippen LogP contribution in [-0.4, -0.2) is 27.0 Å². The number of methoxy groups -OCH3 is 1. The minimum atomic E-state index is 0.527. The molecule has 0 unspecified atom stereocenters. The summed E-state index contributed by atoms with van der Waals surface area (Å²) in [6.45, 7) is 2.45. The van der Waals surface area contributed by atoms with Gasteiger partial charge in [0.1, 0.15) is 11.6 Å². The van der Waals surface area contributed by atoms with Gasteiger partial charge >= 0.3 is 0 Å². The number of anilines is 1. The monoisotopic (exact) mass is 357 g/mol. The van der Waals surface area contributed by atoms with Gasteiger partial charge in [0.2, 0.25) is 0 Å². The van der Waals surface area contributed by atoms with E-state index in [2.05, 4.69) is 15.3 Å². The molecular formula is C21H19N5O. The fourth-order valence-electron chi connectivity index (χ4n) is 2.85. The molecule has 1 N–H and O–H groups in total. The van der Waals surface area contributed by atoms with E-state index in [-0.39, 0.29) is 0 Å². The Morgan fingerprint density at radius 2 is 1.74 bits per heavy atom. The molecule has 6 heteroatoms. The first-order valence-corrected chi connectivity index (χ1v) is 8.66. The molecule has 134 valence electrons. The third kappa shape index (κ3) is 3.55. The molecule has 0 atom stereocenters.